The molecule has 0 heterocycles. The molecule has 0 saturated carbocycles. The monoisotopic (exact) mass is 268 g/mol. The highest BCUT2D eigenvalue weighted by atomic mass is 19.1. The van der Waals surface area contributed by atoms with E-state index in [1.165, 1.54) is 12.1 Å². The summed E-state index contributed by atoms with van der Waals surface area (Å²) in [6.07, 6.45) is 1.44. The molecule has 2 unspecified atom stereocenters. The van der Waals surface area contributed by atoms with Gasteiger partial charge in [-0.2, -0.15) is 0 Å². The summed E-state index contributed by atoms with van der Waals surface area (Å²) >= 11 is 0. The van der Waals surface area contributed by atoms with E-state index in [-0.39, 0.29) is 17.6 Å². The number of nitrogens with zero attached hydrogens (tertiary/aromatic N) is 1. The van der Waals surface area contributed by atoms with Crippen LogP contribution in [0, 0.1) is 21.8 Å². The van der Waals surface area contributed by atoms with Crippen LogP contribution in [0.2, 0.25) is 0 Å². The average Bonchev–Trinajstić information content (AvgIpc) is 2.35. The molecule has 0 bridgehead atoms. The topological polar surface area (TPSA) is 55.2 Å². The fourth-order valence-corrected chi connectivity index (χ4v) is 2.39. The Bertz CT molecular complexity index is 437. The van der Waals surface area contributed by atoms with Crippen molar-refractivity contribution in [2.45, 2.75) is 39.7 Å². The Hall–Kier alpha value is -1.49. The lowest BCUT2D eigenvalue weighted by Crippen LogP contribution is -2.35. The van der Waals surface area contributed by atoms with Crippen molar-refractivity contribution < 1.29 is 9.31 Å². The van der Waals surface area contributed by atoms with Crippen molar-refractivity contribution >= 4 is 5.69 Å². The van der Waals surface area contributed by atoms with Crippen LogP contribution in [0.25, 0.3) is 0 Å². The van der Waals surface area contributed by atoms with E-state index in [0.717, 1.165) is 19.0 Å². The average molecular weight is 268 g/mol. The van der Waals surface area contributed by atoms with E-state index in [0.29, 0.717) is 12.0 Å². The first kappa shape index (κ1) is 15.6. The molecule has 5 heteroatoms. The van der Waals surface area contributed by atoms with Gasteiger partial charge in [-0.25, -0.2) is 4.39 Å². The summed E-state index contributed by atoms with van der Waals surface area (Å²) in [4.78, 5) is 10.5. The number of nitro benzene ring substituents is 1. The summed E-state index contributed by atoms with van der Waals surface area (Å²) in [7, 11) is 0. The zero-order chi connectivity index (χ0) is 14.4. The van der Waals surface area contributed by atoms with E-state index in [9.17, 15) is 14.5 Å². The van der Waals surface area contributed by atoms with Crippen LogP contribution in [0.1, 0.15) is 32.8 Å². The number of nitrogens with one attached hydrogen (secondary N) is 1. The molecule has 0 spiro atoms. The number of nitro groups is 1. The molecule has 0 aliphatic rings. The van der Waals surface area contributed by atoms with E-state index in [1.54, 1.807) is 0 Å². The van der Waals surface area contributed by atoms with Gasteiger partial charge < -0.3 is 5.32 Å². The normalized spacial score (nSPS) is 14.1. The Morgan fingerprint density at radius 2 is 2.11 bits per heavy atom. The van der Waals surface area contributed by atoms with Crippen molar-refractivity contribution in [1.82, 2.24) is 5.32 Å². The van der Waals surface area contributed by atoms with E-state index in [1.807, 2.05) is 13.8 Å². The molecule has 1 aromatic rings. The molecule has 19 heavy (non-hydrogen) atoms. The van der Waals surface area contributed by atoms with Crippen molar-refractivity contribution in [3.8, 4) is 0 Å². The van der Waals surface area contributed by atoms with E-state index in [4.69, 9.17) is 0 Å². The van der Waals surface area contributed by atoms with Gasteiger partial charge in [-0.05, 0) is 37.4 Å². The molecular weight excluding hydrogens is 247 g/mol. The van der Waals surface area contributed by atoms with Crippen molar-refractivity contribution in [3.63, 3.8) is 0 Å². The molecule has 1 rings (SSSR count). The third-order valence-corrected chi connectivity index (χ3v) is 3.37. The number of hydrogen-bond donors (Lipinski definition) is 1. The molecule has 0 aliphatic carbocycles. The molecular formula is C14H21FN2O2. The van der Waals surface area contributed by atoms with Crippen LogP contribution in [0.4, 0.5) is 10.1 Å². The smallest absolute Gasteiger partial charge is 0.272 e. The van der Waals surface area contributed by atoms with Gasteiger partial charge >= 0.3 is 0 Å². The lowest BCUT2D eigenvalue weighted by atomic mass is 9.91. The van der Waals surface area contributed by atoms with Gasteiger partial charge in [-0.1, -0.05) is 20.8 Å². The lowest BCUT2D eigenvalue weighted by Gasteiger charge is -2.23. The first-order valence-electron chi connectivity index (χ1n) is 6.65. The maximum atomic E-state index is 13.3. The Morgan fingerprint density at radius 1 is 1.42 bits per heavy atom. The SMILES string of the molecule is CCNC(CC)C(C)Cc1cc(F)ccc1[N+](=O)[O-]. The molecule has 2 atom stereocenters. The van der Waals surface area contributed by atoms with Gasteiger partial charge in [0.05, 0.1) is 4.92 Å². The lowest BCUT2D eigenvalue weighted by molar-refractivity contribution is -0.385. The number of benzene rings is 1. The molecule has 0 radical (unpaired) electrons. The second-order valence-corrected chi connectivity index (χ2v) is 4.78. The Labute approximate surface area is 113 Å². The minimum absolute atomic E-state index is 0.000369. The molecule has 1 N–H and O–H groups in total. The molecule has 0 amide bonds. The number of hydrogen-bond acceptors (Lipinski definition) is 3. The fraction of sp³-hybridized carbons (Fsp3) is 0.571. The zero-order valence-corrected chi connectivity index (χ0v) is 11.6. The standard InChI is InChI=1S/C14H21FN2O2/c1-4-13(16-5-2)10(3)8-11-9-12(15)6-7-14(11)17(18)19/h6-7,9-10,13,16H,4-5,8H2,1-3H3. The highest BCUT2D eigenvalue weighted by Crippen LogP contribution is 2.24. The molecule has 0 aliphatic heterocycles. The van der Waals surface area contributed by atoms with Gasteiger partial charge in [0.25, 0.3) is 5.69 Å². The maximum Gasteiger partial charge on any atom is 0.272 e. The molecule has 1 aromatic carbocycles. The molecule has 106 valence electrons. The van der Waals surface area contributed by atoms with E-state index < -0.39 is 10.7 Å². The van der Waals surface area contributed by atoms with E-state index in [2.05, 4.69) is 12.2 Å². The third-order valence-electron chi connectivity index (χ3n) is 3.37. The summed E-state index contributed by atoms with van der Waals surface area (Å²) in [6, 6.07) is 3.93. The molecule has 0 aromatic heterocycles. The predicted molar refractivity (Wildman–Crippen MR) is 73.7 cm³/mol. The van der Waals surface area contributed by atoms with Crippen LogP contribution in [-0.2, 0) is 6.42 Å². The molecule has 4 nitrogen and oxygen atoms in total. The van der Waals surface area contributed by atoms with Crippen LogP contribution in [-0.4, -0.2) is 17.5 Å². The van der Waals surface area contributed by atoms with Gasteiger partial charge in [-0.15, -0.1) is 0 Å². The quantitative estimate of drug-likeness (QED) is 0.609. The zero-order valence-electron chi connectivity index (χ0n) is 11.6. The van der Waals surface area contributed by atoms with Crippen molar-refractivity contribution in [2.75, 3.05) is 6.54 Å². The van der Waals surface area contributed by atoms with Crippen molar-refractivity contribution in [3.05, 3.63) is 39.7 Å². The largest absolute Gasteiger partial charge is 0.314 e. The minimum Gasteiger partial charge on any atom is -0.314 e. The first-order chi connectivity index (χ1) is 8.99. The Morgan fingerprint density at radius 3 is 2.63 bits per heavy atom. The van der Waals surface area contributed by atoms with Gasteiger partial charge in [-0.3, -0.25) is 10.1 Å². The van der Waals surface area contributed by atoms with Gasteiger partial charge in [0.2, 0.25) is 0 Å². The maximum absolute atomic E-state index is 13.3. The minimum atomic E-state index is -0.449. The Balaban J connectivity index is 2.91. The Kier molecular flexibility index (Phi) is 5.89. The number of halogens is 1. The van der Waals surface area contributed by atoms with Crippen LogP contribution >= 0.6 is 0 Å². The summed E-state index contributed by atoms with van der Waals surface area (Å²) in [5, 5.41) is 14.3. The summed E-state index contributed by atoms with van der Waals surface area (Å²) < 4.78 is 13.3. The summed E-state index contributed by atoms with van der Waals surface area (Å²) in [5.41, 5.74) is 0.466. The van der Waals surface area contributed by atoms with Crippen LogP contribution < -0.4 is 5.32 Å². The molecule has 0 saturated heterocycles. The summed E-state index contributed by atoms with van der Waals surface area (Å²) in [6.45, 7) is 6.99. The van der Waals surface area contributed by atoms with Crippen molar-refractivity contribution in [1.29, 1.82) is 0 Å². The van der Waals surface area contributed by atoms with Crippen LogP contribution in [0.3, 0.4) is 0 Å². The first-order valence-corrected chi connectivity index (χ1v) is 6.65. The summed E-state index contributed by atoms with van der Waals surface area (Å²) in [5.74, 6) is -0.213. The second-order valence-electron chi connectivity index (χ2n) is 4.78. The van der Waals surface area contributed by atoms with Gasteiger partial charge in [0.1, 0.15) is 5.82 Å². The van der Waals surface area contributed by atoms with Crippen molar-refractivity contribution in [2.24, 2.45) is 5.92 Å². The second kappa shape index (κ2) is 7.19. The highest BCUT2D eigenvalue weighted by Gasteiger charge is 2.20. The number of rotatable bonds is 7. The van der Waals surface area contributed by atoms with E-state index >= 15 is 0 Å². The fourth-order valence-electron chi connectivity index (χ4n) is 2.39. The van der Waals surface area contributed by atoms with Crippen LogP contribution in [0.15, 0.2) is 18.2 Å². The van der Waals surface area contributed by atoms with Crippen LogP contribution in [0.5, 0.6) is 0 Å². The van der Waals surface area contributed by atoms with Gasteiger partial charge in [0.15, 0.2) is 0 Å². The highest BCUT2D eigenvalue weighted by molar-refractivity contribution is 5.40. The predicted octanol–water partition coefficient (Wildman–Crippen LogP) is 3.30. The third kappa shape index (κ3) is 4.28. The van der Waals surface area contributed by atoms with Gasteiger partial charge in [0, 0.05) is 17.7 Å². The molecule has 0 fully saturated rings.